The van der Waals surface area contributed by atoms with Crippen LogP contribution in [0.4, 0.5) is 0 Å². The van der Waals surface area contributed by atoms with E-state index in [2.05, 4.69) is 54.8 Å². The van der Waals surface area contributed by atoms with E-state index >= 15 is 0 Å². The maximum absolute atomic E-state index is 5.77. The van der Waals surface area contributed by atoms with Crippen molar-refractivity contribution in [3.8, 4) is 10.6 Å². The van der Waals surface area contributed by atoms with E-state index in [1.54, 1.807) is 0 Å². The second kappa shape index (κ2) is 5.07. The van der Waals surface area contributed by atoms with Crippen molar-refractivity contribution in [2.45, 2.75) is 13.0 Å². The largest absolute Gasteiger partial charge is 0.322 e. The van der Waals surface area contributed by atoms with Crippen molar-refractivity contribution in [3.05, 3.63) is 31.2 Å². The summed E-state index contributed by atoms with van der Waals surface area (Å²) in [6, 6.07) is 6.08. The standard InChI is InChI=1S/C10H9BrIN3S/c1-5(13)9-14-15-10(16-9)7-4-6(12)2-3-8(7)11/h2-5H,13H2,1H3. The zero-order valence-corrected chi connectivity index (χ0v) is 13.0. The van der Waals surface area contributed by atoms with E-state index in [-0.39, 0.29) is 6.04 Å². The summed E-state index contributed by atoms with van der Waals surface area (Å²) in [7, 11) is 0. The summed E-state index contributed by atoms with van der Waals surface area (Å²) in [6.45, 7) is 1.91. The average Bonchev–Trinajstić information content (AvgIpc) is 2.70. The molecule has 6 heteroatoms. The van der Waals surface area contributed by atoms with Gasteiger partial charge in [-0.15, -0.1) is 10.2 Å². The van der Waals surface area contributed by atoms with Gasteiger partial charge in [0.1, 0.15) is 10.0 Å². The van der Waals surface area contributed by atoms with Crippen molar-refractivity contribution >= 4 is 49.9 Å². The van der Waals surface area contributed by atoms with Gasteiger partial charge in [-0.2, -0.15) is 0 Å². The predicted octanol–water partition coefficient (Wildman–Crippen LogP) is 3.59. The lowest BCUT2D eigenvalue weighted by Crippen LogP contribution is -2.03. The first kappa shape index (κ1) is 12.4. The van der Waals surface area contributed by atoms with Crippen LogP contribution < -0.4 is 5.73 Å². The molecule has 2 rings (SSSR count). The van der Waals surface area contributed by atoms with Gasteiger partial charge in [0.25, 0.3) is 0 Å². The molecule has 0 fully saturated rings. The smallest absolute Gasteiger partial charge is 0.149 e. The van der Waals surface area contributed by atoms with E-state index in [1.807, 2.05) is 19.1 Å². The summed E-state index contributed by atoms with van der Waals surface area (Å²) >= 11 is 7.33. The Labute approximate surface area is 120 Å². The lowest BCUT2D eigenvalue weighted by Gasteiger charge is -2.00. The van der Waals surface area contributed by atoms with Crippen molar-refractivity contribution in [2.75, 3.05) is 0 Å². The first-order valence-electron chi connectivity index (χ1n) is 4.62. The van der Waals surface area contributed by atoms with Crippen LogP contribution >= 0.6 is 49.9 Å². The number of benzene rings is 1. The van der Waals surface area contributed by atoms with Crippen LogP contribution in [0, 0.1) is 3.57 Å². The van der Waals surface area contributed by atoms with Gasteiger partial charge in [0.2, 0.25) is 0 Å². The molecule has 16 heavy (non-hydrogen) atoms. The minimum atomic E-state index is -0.0622. The summed E-state index contributed by atoms with van der Waals surface area (Å²) in [4.78, 5) is 0. The molecule has 0 aliphatic carbocycles. The Bertz CT molecular complexity index is 513. The van der Waals surface area contributed by atoms with Crippen LogP contribution in [-0.2, 0) is 0 Å². The summed E-state index contributed by atoms with van der Waals surface area (Å²) in [5.74, 6) is 0. The molecule has 0 aliphatic heterocycles. The Hall–Kier alpha value is -0.0500. The molecule has 2 N–H and O–H groups in total. The Morgan fingerprint density at radius 1 is 1.44 bits per heavy atom. The summed E-state index contributed by atoms with van der Waals surface area (Å²) in [6.07, 6.45) is 0. The molecule has 0 aliphatic rings. The normalized spacial score (nSPS) is 12.8. The maximum atomic E-state index is 5.77. The van der Waals surface area contributed by atoms with Crippen LogP contribution in [0.2, 0.25) is 0 Å². The first-order valence-corrected chi connectivity index (χ1v) is 7.31. The maximum Gasteiger partial charge on any atom is 0.149 e. The zero-order chi connectivity index (χ0) is 11.7. The highest BCUT2D eigenvalue weighted by Crippen LogP contribution is 2.32. The number of halogens is 2. The molecule has 3 nitrogen and oxygen atoms in total. The Morgan fingerprint density at radius 2 is 2.19 bits per heavy atom. The fourth-order valence-corrected chi connectivity index (χ4v) is 3.07. The highest BCUT2D eigenvalue weighted by atomic mass is 127. The van der Waals surface area contributed by atoms with Crippen LogP contribution in [-0.4, -0.2) is 10.2 Å². The Morgan fingerprint density at radius 3 is 2.81 bits per heavy atom. The van der Waals surface area contributed by atoms with Crippen LogP contribution in [0.1, 0.15) is 18.0 Å². The lowest BCUT2D eigenvalue weighted by molar-refractivity contribution is 0.786. The lowest BCUT2D eigenvalue weighted by atomic mass is 10.2. The molecular weight excluding hydrogens is 401 g/mol. The Balaban J connectivity index is 2.46. The summed E-state index contributed by atoms with van der Waals surface area (Å²) in [5, 5.41) is 10.0. The second-order valence-corrected chi connectivity index (χ2v) is 6.47. The molecule has 0 amide bonds. The molecule has 2 aromatic rings. The number of hydrogen-bond acceptors (Lipinski definition) is 4. The van der Waals surface area contributed by atoms with Crippen molar-refractivity contribution in [1.82, 2.24) is 10.2 Å². The quantitative estimate of drug-likeness (QED) is 0.771. The van der Waals surface area contributed by atoms with Crippen molar-refractivity contribution in [1.29, 1.82) is 0 Å². The minimum absolute atomic E-state index is 0.0622. The average molecular weight is 410 g/mol. The Kier molecular flexibility index (Phi) is 3.93. The van der Waals surface area contributed by atoms with Gasteiger partial charge >= 0.3 is 0 Å². The molecule has 1 heterocycles. The fourth-order valence-electron chi connectivity index (χ4n) is 1.19. The predicted molar refractivity (Wildman–Crippen MR) is 78.4 cm³/mol. The minimum Gasteiger partial charge on any atom is -0.322 e. The molecule has 1 aromatic heterocycles. The molecule has 0 radical (unpaired) electrons. The number of nitrogens with zero attached hydrogens (tertiary/aromatic N) is 2. The number of nitrogens with two attached hydrogens (primary N) is 1. The molecule has 1 aromatic carbocycles. The monoisotopic (exact) mass is 409 g/mol. The van der Waals surface area contributed by atoms with Crippen LogP contribution in [0.5, 0.6) is 0 Å². The van der Waals surface area contributed by atoms with Gasteiger partial charge < -0.3 is 5.73 Å². The van der Waals surface area contributed by atoms with Crippen molar-refractivity contribution in [2.24, 2.45) is 5.73 Å². The van der Waals surface area contributed by atoms with Gasteiger partial charge in [0.05, 0.1) is 6.04 Å². The van der Waals surface area contributed by atoms with Gasteiger partial charge in [0, 0.05) is 13.6 Å². The van der Waals surface area contributed by atoms with Crippen LogP contribution in [0.15, 0.2) is 22.7 Å². The highest BCUT2D eigenvalue weighted by Gasteiger charge is 2.12. The molecule has 84 valence electrons. The number of hydrogen-bond donors (Lipinski definition) is 1. The van der Waals surface area contributed by atoms with Gasteiger partial charge in [-0.25, -0.2) is 0 Å². The summed E-state index contributed by atoms with van der Waals surface area (Å²) in [5.41, 5.74) is 6.83. The van der Waals surface area contributed by atoms with Gasteiger partial charge in [-0.3, -0.25) is 0 Å². The van der Waals surface area contributed by atoms with Gasteiger partial charge in [0.15, 0.2) is 0 Å². The van der Waals surface area contributed by atoms with Gasteiger partial charge in [-0.1, -0.05) is 27.3 Å². The highest BCUT2D eigenvalue weighted by molar-refractivity contribution is 14.1. The van der Waals surface area contributed by atoms with E-state index in [4.69, 9.17) is 5.73 Å². The van der Waals surface area contributed by atoms with Crippen LogP contribution in [0.25, 0.3) is 10.6 Å². The summed E-state index contributed by atoms with van der Waals surface area (Å²) < 4.78 is 2.20. The van der Waals surface area contributed by atoms with Crippen molar-refractivity contribution < 1.29 is 0 Å². The third-order valence-corrected chi connectivity index (χ3v) is 4.51. The van der Waals surface area contributed by atoms with E-state index in [9.17, 15) is 0 Å². The molecule has 1 atom stereocenters. The van der Waals surface area contributed by atoms with Gasteiger partial charge in [-0.05, 0) is 47.7 Å². The fraction of sp³-hybridized carbons (Fsp3) is 0.200. The molecular formula is C10H9BrIN3S. The second-order valence-electron chi connectivity index (χ2n) is 3.36. The third kappa shape index (κ3) is 2.61. The van der Waals surface area contributed by atoms with Crippen LogP contribution in [0.3, 0.4) is 0 Å². The van der Waals surface area contributed by atoms with E-state index in [1.165, 1.54) is 14.9 Å². The van der Waals surface area contributed by atoms with E-state index in [0.29, 0.717) is 0 Å². The van der Waals surface area contributed by atoms with E-state index in [0.717, 1.165) is 20.1 Å². The zero-order valence-electron chi connectivity index (χ0n) is 8.45. The molecule has 1 unspecified atom stereocenters. The number of aromatic nitrogens is 2. The molecule has 0 saturated heterocycles. The molecule has 0 bridgehead atoms. The SMILES string of the molecule is CC(N)c1nnc(-c2cc(I)ccc2Br)s1. The third-order valence-electron chi connectivity index (χ3n) is 1.99. The number of rotatable bonds is 2. The van der Waals surface area contributed by atoms with Crippen molar-refractivity contribution in [3.63, 3.8) is 0 Å². The first-order chi connectivity index (χ1) is 7.58. The topological polar surface area (TPSA) is 51.8 Å². The molecule has 0 saturated carbocycles. The van der Waals surface area contributed by atoms with E-state index < -0.39 is 0 Å². The molecule has 0 spiro atoms.